The van der Waals surface area contributed by atoms with Crippen molar-refractivity contribution in [2.45, 2.75) is 35.7 Å². The van der Waals surface area contributed by atoms with Gasteiger partial charge in [0.1, 0.15) is 0 Å². The molecule has 6 heteroatoms. The molecule has 0 N–H and O–H groups in total. The van der Waals surface area contributed by atoms with Crippen molar-refractivity contribution in [2.75, 3.05) is 33.2 Å². The number of likely N-dealkylation sites (tertiary alicyclic amines) is 1. The van der Waals surface area contributed by atoms with Crippen molar-refractivity contribution in [3.63, 3.8) is 0 Å². The van der Waals surface area contributed by atoms with E-state index in [4.69, 9.17) is 23.2 Å². The fraction of sp³-hybridized carbons (Fsp3) is 0.367. The Morgan fingerprint density at radius 2 is 1.72 bits per heavy atom. The molecule has 1 fully saturated rings. The van der Waals surface area contributed by atoms with Crippen molar-refractivity contribution in [1.29, 1.82) is 0 Å². The maximum Gasteiger partial charge on any atom is 0.253 e. The van der Waals surface area contributed by atoms with E-state index in [9.17, 15) is 4.79 Å². The van der Waals surface area contributed by atoms with Crippen LogP contribution in [0.25, 0.3) is 0 Å². The molecule has 3 aromatic rings. The Kier molecular flexibility index (Phi) is 7.97. The lowest BCUT2D eigenvalue weighted by Crippen LogP contribution is -2.41. The first-order chi connectivity index (χ1) is 17.4. The molecule has 3 aromatic carbocycles. The molecule has 188 valence electrons. The van der Waals surface area contributed by atoms with Crippen LogP contribution < -0.4 is 0 Å². The van der Waals surface area contributed by atoms with Gasteiger partial charge < -0.3 is 9.80 Å². The van der Waals surface area contributed by atoms with E-state index >= 15 is 0 Å². The molecule has 2 aliphatic heterocycles. The van der Waals surface area contributed by atoms with Gasteiger partial charge in [0.25, 0.3) is 5.91 Å². The Labute approximate surface area is 228 Å². The van der Waals surface area contributed by atoms with Gasteiger partial charge >= 0.3 is 0 Å². The van der Waals surface area contributed by atoms with Gasteiger partial charge in [-0.25, -0.2) is 0 Å². The summed E-state index contributed by atoms with van der Waals surface area (Å²) in [4.78, 5) is 17.5. The van der Waals surface area contributed by atoms with Gasteiger partial charge in [0, 0.05) is 35.6 Å². The third-order valence-corrected chi connectivity index (χ3v) is 10.1. The zero-order valence-corrected chi connectivity index (χ0v) is 23.0. The Bertz CT molecular complexity index is 1210. The van der Waals surface area contributed by atoms with E-state index < -0.39 is 0 Å². The van der Waals surface area contributed by atoms with Crippen molar-refractivity contribution >= 4 is 40.9 Å². The molecule has 0 saturated carbocycles. The number of amides is 1. The van der Waals surface area contributed by atoms with Gasteiger partial charge in [-0.1, -0.05) is 71.7 Å². The molecule has 0 aliphatic carbocycles. The number of carbonyl (C=O) groups is 1. The molecule has 3 nitrogen and oxygen atoms in total. The number of fused-ring (bicyclic) bond motifs is 2. The van der Waals surface area contributed by atoms with Crippen molar-refractivity contribution in [1.82, 2.24) is 9.80 Å². The quantitative estimate of drug-likeness (QED) is 0.311. The van der Waals surface area contributed by atoms with Crippen molar-refractivity contribution in [3.05, 3.63) is 105 Å². The molecule has 1 spiro atoms. The van der Waals surface area contributed by atoms with Crippen LogP contribution in [0.5, 0.6) is 0 Å². The number of halogens is 2. The summed E-state index contributed by atoms with van der Waals surface area (Å²) in [5, 5.41) is 1.12. The molecule has 0 aromatic heterocycles. The lowest BCUT2D eigenvalue weighted by molar-refractivity contribution is 0.0781. The minimum atomic E-state index is 0.0394. The second kappa shape index (κ2) is 11.2. The largest absolute Gasteiger partial charge is 0.341 e. The smallest absolute Gasteiger partial charge is 0.253 e. The van der Waals surface area contributed by atoms with Crippen LogP contribution in [0.3, 0.4) is 0 Å². The summed E-state index contributed by atoms with van der Waals surface area (Å²) >= 11 is 14.7. The summed E-state index contributed by atoms with van der Waals surface area (Å²) in [6.07, 6.45) is 3.35. The Morgan fingerprint density at radius 1 is 1.00 bits per heavy atom. The third kappa shape index (κ3) is 5.47. The third-order valence-electron chi connectivity index (χ3n) is 7.75. The fourth-order valence-electron chi connectivity index (χ4n) is 5.62. The fourth-order valence-corrected chi connectivity index (χ4v) is 7.43. The summed E-state index contributed by atoms with van der Waals surface area (Å²) in [7, 11) is 1.89. The van der Waals surface area contributed by atoms with Crippen molar-refractivity contribution in [3.8, 4) is 0 Å². The van der Waals surface area contributed by atoms with E-state index in [1.165, 1.54) is 18.4 Å². The first kappa shape index (κ1) is 25.7. The zero-order chi connectivity index (χ0) is 25.1. The molecule has 0 unspecified atom stereocenters. The van der Waals surface area contributed by atoms with Gasteiger partial charge in [0.2, 0.25) is 0 Å². The van der Waals surface area contributed by atoms with Gasteiger partial charge in [-0.05, 0) is 79.9 Å². The molecule has 2 heterocycles. The number of hydrogen-bond donors (Lipinski definition) is 0. The standard InChI is InChI=1S/C30H32Cl2N2OS/c1-33(29(35)22-7-3-2-4-8-22)20-24(23-11-12-27(31)28(32)19-23)13-16-34-17-14-30(15-18-34)26-10-6-5-9-25(26)21-36-30/h2-12,19,24H,13-18,20-21H2,1H3/t24-/m1/s1. The van der Waals surface area contributed by atoms with Crippen LogP contribution in [0.1, 0.15) is 52.2 Å². The normalized spacial score (nSPS) is 17.6. The Balaban J connectivity index is 1.25. The van der Waals surface area contributed by atoms with Crippen LogP contribution in [0.4, 0.5) is 0 Å². The average molecular weight is 540 g/mol. The number of likely N-dealkylation sites (N-methyl/N-ethyl adjacent to an activating group) is 1. The molecule has 36 heavy (non-hydrogen) atoms. The van der Waals surface area contributed by atoms with Crippen LogP contribution in [0, 0.1) is 0 Å². The first-order valence-electron chi connectivity index (χ1n) is 12.7. The minimum Gasteiger partial charge on any atom is -0.341 e. The van der Waals surface area contributed by atoms with Crippen LogP contribution in [-0.2, 0) is 10.5 Å². The molecule has 1 atom stereocenters. The van der Waals surface area contributed by atoms with E-state index in [1.54, 1.807) is 5.56 Å². The second-order valence-corrected chi connectivity index (χ2v) is 12.2. The van der Waals surface area contributed by atoms with Gasteiger partial charge in [-0.3, -0.25) is 4.79 Å². The SMILES string of the molecule is CN(C[C@@H](CCN1CCC2(CC1)SCc1ccccc12)c1ccc(Cl)c(Cl)c1)C(=O)c1ccccc1. The summed E-state index contributed by atoms with van der Waals surface area (Å²) in [5.41, 5.74) is 4.92. The van der Waals surface area contributed by atoms with Gasteiger partial charge in [-0.2, -0.15) is 0 Å². The molecule has 5 rings (SSSR count). The Hall–Kier alpha value is -1.98. The highest BCUT2D eigenvalue weighted by molar-refractivity contribution is 7.99. The molecule has 1 saturated heterocycles. The monoisotopic (exact) mass is 538 g/mol. The highest BCUT2D eigenvalue weighted by atomic mass is 35.5. The number of nitrogens with zero attached hydrogens (tertiary/aromatic N) is 2. The number of thioether (sulfide) groups is 1. The topological polar surface area (TPSA) is 23.6 Å². The van der Waals surface area contributed by atoms with Gasteiger partial charge in [0.15, 0.2) is 0 Å². The predicted octanol–water partition coefficient (Wildman–Crippen LogP) is 7.48. The maximum atomic E-state index is 13.0. The van der Waals surface area contributed by atoms with E-state index in [1.807, 2.05) is 54.4 Å². The van der Waals surface area contributed by atoms with Crippen LogP contribution in [0.2, 0.25) is 10.0 Å². The average Bonchev–Trinajstić information content (AvgIpc) is 3.27. The molecule has 2 aliphatic rings. The van der Waals surface area contributed by atoms with Crippen LogP contribution in [-0.4, -0.2) is 48.9 Å². The first-order valence-corrected chi connectivity index (χ1v) is 14.4. The number of piperidine rings is 1. The number of hydrogen-bond acceptors (Lipinski definition) is 3. The lowest BCUT2D eigenvalue weighted by Gasteiger charge is -2.40. The van der Waals surface area contributed by atoms with E-state index in [2.05, 4.69) is 47.0 Å². The Morgan fingerprint density at radius 3 is 2.47 bits per heavy atom. The summed E-state index contributed by atoms with van der Waals surface area (Å²) < 4.78 is 0.290. The van der Waals surface area contributed by atoms with Crippen LogP contribution >= 0.6 is 35.0 Å². The summed E-state index contributed by atoms with van der Waals surface area (Å²) in [5.74, 6) is 1.35. The van der Waals surface area contributed by atoms with Gasteiger partial charge in [0.05, 0.1) is 10.0 Å². The zero-order valence-electron chi connectivity index (χ0n) is 20.6. The highest BCUT2D eigenvalue weighted by Gasteiger charge is 2.41. The minimum absolute atomic E-state index is 0.0394. The maximum absolute atomic E-state index is 13.0. The molecular weight excluding hydrogens is 507 g/mol. The molecular formula is C30H32Cl2N2OS. The second-order valence-electron chi connectivity index (χ2n) is 9.99. The van der Waals surface area contributed by atoms with E-state index in [0.29, 0.717) is 26.9 Å². The summed E-state index contributed by atoms with van der Waals surface area (Å²) in [6, 6.07) is 24.3. The summed E-state index contributed by atoms with van der Waals surface area (Å²) in [6.45, 7) is 3.84. The number of carbonyl (C=O) groups excluding carboxylic acids is 1. The molecule has 0 bridgehead atoms. The lowest BCUT2D eigenvalue weighted by atomic mass is 9.86. The predicted molar refractivity (Wildman–Crippen MR) is 152 cm³/mol. The van der Waals surface area contributed by atoms with Gasteiger partial charge in [-0.15, -0.1) is 11.8 Å². The number of rotatable bonds is 7. The molecule has 0 radical (unpaired) electrons. The highest BCUT2D eigenvalue weighted by Crippen LogP contribution is 2.53. The van der Waals surface area contributed by atoms with Crippen molar-refractivity contribution < 1.29 is 4.79 Å². The van der Waals surface area contributed by atoms with E-state index in [-0.39, 0.29) is 11.8 Å². The molecule has 1 amide bonds. The number of benzene rings is 3. The van der Waals surface area contributed by atoms with E-state index in [0.717, 1.165) is 37.4 Å². The van der Waals surface area contributed by atoms with Crippen LogP contribution in [0.15, 0.2) is 72.8 Å². The van der Waals surface area contributed by atoms with Crippen molar-refractivity contribution in [2.24, 2.45) is 0 Å².